The number of nitrogens with two attached hydrogens (primary N) is 1. The van der Waals surface area contributed by atoms with Crippen LogP contribution < -0.4 is 11.1 Å². The average Bonchev–Trinajstić information content (AvgIpc) is 2.58. The number of anilines is 1. The predicted octanol–water partition coefficient (Wildman–Crippen LogP) is 1.23. The average molecular weight is 267 g/mol. The van der Waals surface area contributed by atoms with E-state index in [1.54, 1.807) is 0 Å². The summed E-state index contributed by atoms with van der Waals surface area (Å²) >= 11 is 0. The maximum absolute atomic E-state index is 13.1. The van der Waals surface area contributed by atoms with Gasteiger partial charge in [0.2, 0.25) is 0 Å². The number of carbonyl (C=O) groups excluding carboxylic acids is 1. The van der Waals surface area contributed by atoms with Gasteiger partial charge in [0.1, 0.15) is 11.6 Å². The maximum atomic E-state index is 13.1. The highest BCUT2D eigenvalue weighted by Gasteiger charge is 2.24. The zero-order valence-corrected chi connectivity index (χ0v) is 10.6. The van der Waals surface area contributed by atoms with Crippen LogP contribution in [0.1, 0.15) is 42.5 Å². The van der Waals surface area contributed by atoms with Gasteiger partial charge in [-0.3, -0.25) is 4.79 Å². The van der Waals surface area contributed by atoms with Crippen molar-refractivity contribution in [3.05, 3.63) is 23.6 Å². The second-order valence-corrected chi connectivity index (χ2v) is 4.87. The third-order valence-electron chi connectivity index (χ3n) is 3.43. The number of nitrogens with one attached hydrogen (secondary N) is 1. The van der Waals surface area contributed by atoms with Gasteiger partial charge in [-0.1, -0.05) is 19.3 Å². The van der Waals surface area contributed by atoms with Crippen molar-refractivity contribution in [2.24, 2.45) is 0 Å². The summed E-state index contributed by atoms with van der Waals surface area (Å²) in [4.78, 5) is 15.6. The summed E-state index contributed by atoms with van der Waals surface area (Å²) in [6.45, 7) is 0. The van der Waals surface area contributed by atoms with Gasteiger partial charge in [0.25, 0.3) is 5.91 Å². The molecule has 2 rings (SSSR count). The summed E-state index contributed by atoms with van der Waals surface area (Å²) < 4.78 is 13.1. The van der Waals surface area contributed by atoms with E-state index in [1.807, 2.05) is 0 Å². The van der Waals surface area contributed by atoms with Gasteiger partial charge in [-0.25, -0.2) is 9.37 Å². The molecule has 1 aliphatic rings. The first-order chi connectivity index (χ1) is 9.08. The molecule has 0 aromatic carbocycles. The molecule has 0 bridgehead atoms. The van der Waals surface area contributed by atoms with Crippen LogP contribution in [0.3, 0.4) is 0 Å². The molecule has 104 valence electrons. The quantitative estimate of drug-likeness (QED) is 0.703. The van der Waals surface area contributed by atoms with Gasteiger partial charge in [-0.15, -0.1) is 0 Å². The van der Waals surface area contributed by atoms with Crippen molar-refractivity contribution in [1.29, 1.82) is 0 Å². The Morgan fingerprint density at radius 1 is 1.42 bits per heavy atom. The Labute approximate surface area is 111 Å². The van der Waals surface area contributed by atoms with Gasteiger partial charge in [-0.2, -0.15) is 0 Å². The van der Waals surface area contributed by atoms with Gasteiger partial charge in [0, 0.05) is 0 Å². The number of hydrogen-bond acceptors (Lipinski definition) is 4. The van der Waals surface area contributed by atoms with Crippen LogP contribution in [0.15, 0.2) is 12.3 Å². The molecule has 19 heavy (non-hydrogen) atoms. The number of amides is 1. The van der Waals surface area contributed by atoms with E-state index in [9.17, 15) is 14.3 Å². The lowest BCUT2D eigenvalue weighted by Gasteiger charge is -2.21. The summed E-state index contributed by atoms with van der Waals surface area (Å²) in [6, 6.07) is 0.749. The van der Waals surface area contributed by atoms with Crippen molar-refractivity contribution >= 4 is 11.7 Å². The molecule has 1 heterocycles. The molecule has 1 aromatic heterocycles. The van der Waals surface area contributed by atoms with Crippen LogP contribution >= 0.6 is 0 Å². The molecule has 2 atom stereocenters. The lowest BCUT2D eigenvalue weighted by atomic mass is 10.1. The molecule has 5 nitrogen and oxygen atoms in total. The number of aromatic nitrogens is 1. The standard InChI is InChI=1S/C13H18FN3O2/c14-8-6-9(12(15)16-7-8)13(19)17-10-4-2-1-3-5-11(10)18/h6-7,10-11,18H,1-5H2,(H2,15,16)(H,17,19). The molecule has 1 saturated carbocycles. The number of halogens is 1. The lowest BCUT2D eigenvalue weighted by molar-refractivity contribution is 0.0819. The number of carbonyl (C=O) groups is 1. The van der Waals surface area contributed by atoms with E-state index < -0.39 is 17.8 Å². The zero-order chi connectivity index (χ0) is 13.8. The number of nitrogens with zero attached hydrogens (tertiary/aromatic N) is 1. The normalized spacial score (nSPS) is 23.7. The van der Waals surface area contributed by atoms with E-state index >= 15 is 0 Å². The van der Waals surface area contributed by atoms with Crippen molar-refractivity contribution in [2.75, 3.05) is 5.73 Å². The van der Waals surface area contributed by atoms with Crippen molar-refractivity contribution in [1.82, 2.24) is 10.3 Å². The molecule has 1 aromatic rings. The number of nitrogen functional groups attached to an aromatic ring is 1. The van der Waals surface area contributed by atoms with Crippen molar-refractivity contribution in [3.8, 4) is 0 Å². The minimum atomic E-state index is -0.610. The SMILES string of the molecule is Nc1ncc(F)cc1C(=O)NC1CCCCCC1O. The summed E-state index contributed by atoms with van der Waals surface area (Å²) in [6.07, 6.45) is 4.75. The van der Waals surface area contributed by atoms with Crippen LogP contribution in [-0.4, -0.2) is 28.1 Å². The van der Waals surface area contributed by atoms with Crippen LogP contribution in [0.5, 0.6) is 0 Å². The largest absolute Gasteiger partial charge is 0.391 e. The number of pyridine rings is 1. The monoisotopic (exact) mass is 267 g/mol. The Bertz CT molecular complexity index is 467. The maximum Gasteiger partial charge on any atom is 0.255 e. The zero-order valence-electron chi connectivity index (χ0n) is 10.6. The van der Waals surface area contributed by atoms with Crippen molar-refractivity contribution in [3.63, 3.8) is 0 Å². The first-order valence-electron chi connectivity index (χ1n) is 6.48. The molecule has 1 amide bonds. The third-order valence-corrected chi connectivity index (χ3v) is 3.43. The van der Waals surface area contributed by atoms with Crippen LogP contribution in [0.2, 0.25) is 0 Å². The predicted molar refractivity (Wildman–Crippen MR) is 69.0 cm³/mol. The third kappa shape index (κ3) is 3.41. The fraction of sp³-hybridized carbons (Fsp3) is 0.538. The molecule has 6 heteroatoms. The second kappa shape index (κ2) is 5.97. The summed E-state index contributed by atoms with van der Waals surface area (Å²) in [5, 5.41) is 12.7. The Kier molecular flexibility index (Phi) is 4.31. The highest BCUT2D eigenvalue weighted by atomic mass is 19.1. The van der Waals surface area contributed by atoms with Gasteiger partial charge >= 0.3 is 0 Å². The van der Waals surface area contributed by atoms with Gasteiger partial charge in [0.05, 0.1) is 23.9 Å². The van der Waals surface area contributed by atoms with Crippen molar-refractivity contribution < 1.29 is 14.3 Å². The number of aliphatic hydroxyl groups is 1. The van der Waals surface area contributed by atoms with Gasteiger partial charge in [0.15, 0.2) is 0 Å². The Hall–Kier alpha value is -1.69. The van der Waals surface area contributed by atoms with Crippen molar-refractivity contribution in [2.45, 2.75) is 44.2 Å². The molecule has 0 radical (unpaired) electrons. The van der Waals surface area contributed by atoms with E-state index in [0.717, 1.165) is 37.9 Å². The first-order valence-corrected chi connectivity index (χ1v) is 6.48. The number of aliphatic hydroxyl groups excluding tert-OH is 1. The smallest absolute Gasteiger partial charge is 0.255 e. The second-order valence-electron chi connectivity index (χ2n) is 4.87. The van der Waals surface area contributed by atoms with Crippen LogP contribution in [0, 0.1) is 5.82 Å². The van der Waals surface area contributed by atoms with Crippen LogP contribution in [-0.2, 0) is 0 Å². The van der Waals surface area contributed by atoms with E-state index in [1.165, 1.54) is 0 Å². The van der Waals surface area contributed by atoms with E-state index in [-0.39, 0.29) is 17.4 Å². The Morgan fingerprint density at radius 2 is 2.16 bits per heavy atom. The lowest BCUT2D eigenvalue weighted by Crippen LogP contribution is -2.42. The Balaban J connectivity index is 2.09. The molecular weight excluding hydrogens is 249 g/mol. The molecule has 1 fully saturated rings. The first kappa shape index (κ1) is 13.7. The molecule has 0 saturated heterocycles. The van der Waals surface area contributed by atoms with E-state index in [4.69, 9.17) is 5.73 Å². The molecule has 0 spiro atoms. The molecule has 4 N–H and O–H groups in total. The summed E-state index contributed by atoms with van der Waals surface area (Å²) in [7, 11) is 0. The Morgan fingerprint density at radius 3 is 2.95 bits per heavy atom. The summed E-state index contributed by atoms with van der Waals surface area (Å²) in [5.74, 6) is -1.11. The number of hydrogen-bond donors (Lipinski definition) is 3. The molecule has 1 aliphatic carbocycles. The fourth-order valence-corrected chi connectivity index (χ4v) is 2.33. The minimum Gasteiger partial charge on any atom is -0.391 e. The van der Waals surface area contributed by atoms with Crippen LogP contribution in [0.4, 0.5) is 10.2 Å². The molecular formula is C13H18FN3O2. The van der Waals surface area contributed by atoms with Gasteiger partial charge < -0.3 is 16.2 Å². The van der Waals surface area contributed by atoms with Crippen LogP contribution in [0.25, 0.3) is 0 Å². The molecule has 2 unspecified atom stereocenters. The number of rotatable bonds is 2. The van der Waals surface area contributed by atoms with E-state index in [0.29, 0.717) is 6.42 Å². The fourth-order valence-electron chi connectivity index (χ4n) is 2.33. The van der Waals surface area contributed by atoms with E-state index in [2.05, 4.69) is 10.3 Å². The minimum absolute atomic E-state index is 0.0106. The topological polar surface area (TPSA) is 88.2 Å². The summed E-state index contributed by atoms with van der Waals surface area (Å²) in [5.41, 5.74) is 5.57. The molecule has 0 aliphatic heterocycles. The van der Waals surface area contributed by atoms with Gasteiger partial charge in [-0.05, 0) is 18.9 Å². The highest BCUT2D eigenvalue weighted by Crippen LogP contribution is 2.19. The highest BCUT2D eigenvalue weighted by molar-refractivity contribution is 5.98.